The summed E-state index contributed by atoms with van der Waals surface area (Å²) in [6, 6.07) is 19.2. The van der Waals surface area contributed by atoms with Gasteiger partial charge in [-0.25, -0.2) is 9.67 Å². The summed E-state index contributed by atoms with van der Waals surface area (Å²) in [5, 5.41) is 6.38. The van der Waals surface area contributed by atoms with Gasteiger partial charge < -0.3 is 9.72 Å². The van der Waals surface area contributed by atoms with E-state index in [2.05, 4.69) is 102 Å². The van der Waals surface area contributed by atoms with Crippen molar-refractivity contribution in [1.29, 1.82) is 0 Å². The number of aromatic nitrogens is 4. The average Bonchev–Trinajstić information content (AvgIpc) is 3.53. The highest BCUT2D eigenvalue weighted by atomic mass is 16.5. The molecular formula is C32H35N5O. The highest BCUT2D eigenvalue weighted by molar-refractivity contribution is 5.93. The molecule has 6 nitrogen and oxygen atoms in total. The maximum Gasteiger partial charge on any atom is 0.145 e. The number of nitrogens with one attached hydrogen (secondary N) is 1. The lowest BCUT2D eigenvalue weighted by molar-refractivity contribution is 0.244. The normalized spacial score (nSPS) is 13.8. The zero-order valence-electron chi connectivity index (χ0n) is 22.7. The van der Waals surface area contributed by atoms with Crippen LogP contribution in [0.4, 0.5) is 0 Å². The van der Waals surface area contributed by atoms with E-state index in [1.807, 2.05) is 12.4 Å². The molecule has 0 saturated heterocycles. The molecule has 1 aliphatic heterocycles. The Hall–Kier alpha value is -3.90. The van der Waals surface area contributed by atoms with Gasteiger partial charge in [0.05, 0.1) is 18.0 Å². The van der Waals surface area contributed by atoms with Gasteiger partial charge in [0.25, 0.3) is 0 Å². The first-order valence-corrected chi connectivity index (χ1v) is 13.5. The van der Waals surface area contributed by atoms with Crippen LogP contribution in [0.2, 0.25) is 0 Å². The van der Waals surface area contributed by atoms with Gasteiger partial charge in [-0.05, 0) is 54.7 Å². The van der Waals surface area contributed by atoms with Gasteiger partial charge in [0.1, 0.15) is 17.1 Å². The number of para-hydroxylation sites is 1. The summed E-state index contributed by atoms with van der Waals surface area (Å²) in [6.07, 6.45) is 4.76. The average molecular weight is 506 g/mol. The van der Waals surface area contributed by atoms with E-state index in [9.17, 15) is 0 Å². The fourth-order valence-corrected chi connectivity index (χ4v) is 5.47. The molecule has 1 aliphatic rings. The van der Waals surface area contributed by atoms with Gasteiger partial charge in [-0.15, -0.1) is 0 Å². The maximum atomic E-state index is 6.35. The van der Waals surface area contributed by atoms with Crippen LogP contribution in [0.15, 0.2) is 67.0 Å². The highest BCUT2D eigenvalue weighted by Crippen LogP contribution is 2.39. The zero-order chi connectivity index (χ0) is 26.2. The van der Waals surface area contributed by atoms with Crippen molar-refractivity contribution in [2.45, 2.75) is 47.2 Å². The molecule has 2 aromatic carbocycles. The van der Waals surface area contributed by atoms with Crippen LogP contribution in [0.25, 0.3) is 28.0 Å². The predicted molar refractivity (Wildman–Crippen MR) is 153 cm³/mol. The lowest BCUT2D eigenvalue weighted by Crippen LogP contribution is -2.30. The third-order valence-electron chi connectivity index (χ3n) is 7.47. The van der Waals surface area contributed by atoms with Gasteiger partial charge in [-0.2, -0.15) is 5.10 Å². The van der Waals surface area contributed by atoms with Crippen molar-refractivity contribution in [2.24, 2.45) is 5.92 Å². The van der Waals surface area contributed by atoms with Crippen molar-refractivity contribution in [3.8, 4) is 22.7 Å². The third-order valence-corrected chi connectivity index (χ3v) is 7.47. The number of fused-ring (bicyclic) bond motifs is 2. The summed E-state index contributed by atoms with van der Waals surface area (Å²) < 4.78 is 8.50. The molecule has 38 heavy (non-hydrogen) atoms. The van der Waals surface area contributed by atoms with Gasteiger partial charge >= 0.3 is 0 Å². The Morgan fingerprint density at radius 2 is 1.84 bits per heavy atom. The Morgan fingerprint density at radius 3 is 2.68 bits per heavy atom. The molecule has 0 spiro atoms. The summed E-state index contributed by atoms with van der Waals surface area (Å²) in [4.78, 5) is 10.4. The van der Waals surface area contributed by atoms with Crippen molar-refractivity contribution in [1.82, 2.24) is 24.6 Å². The Bertz CT molecular complexity index is 1600. The summed E-state index contributed by atoms with van der Waals surface area (Å²) in [6.45, 7) is 12.1. The van der Waals surface area contributed by atoms with Crippen molar-refractivity contribution >= 4 is 11.0 Å². The SMILES string of the molecule is Cc1ccccc1CN1CCc2nn(-c3c(C)cccc3OCC(C)C)c(-c3ccnc4[nH]ccc34)c2C1. The van der Waals surface area contributed by atoms with Crippen LogP contribution in [-0.4, -0.2) is 37.8 Å². The molecule has 0 fully saturated rings. The molecule has 0 amide bonds. The van der Waals surface area contributed by atoms with E-state index in [0.29, 0.717) is 12.5 Å². The maximum absolute atomic E-state index is 6.35. The summed E-state index contributed by atoms with van der Waals surface area (Å²) in [5.74, 6) is 1.30. The van der Waals surface area contributed by atoms with Gasteiger partial charge in [-0.1, -0.05) is 50.2 Å². The molecule has 4 heterocycles. The largest absolute Gasteiger partial charge is 0.491 e. The second-order valence-electron chi connectivity index (χ2n) is 10.8. The van der Waals surface area contributed by atoms with E-state index >= 15 is 0 Å². The van der Waals surface area contributed by atoms with Gasteiger partial charge in [0, 0.05) is 55.0 Å². The zero-order valence-corrected chi connectivity index (χ0v) is 22.7. The standard InChI is InChI=1S/C32H35N5O/c1-21(2)20-38-29-11-7-9-23(4)30(29)37-31(25-12-15-33-32-26(25)13-16-34-32)27-19-36(17-14-28(27)35-37)18-24-10-6-5-8-22(24)3/h5-13,15-16,21H,14,17-20H2,1-4H3,(H,33,34). The molecular weight excluding hydrogens is 470 g/mol. The Morgan fingerprint density at radius 1 is 1.00 bits per heavy atom. The first kappa shape index (κ1) is 24.4. The summed E-state index contributed by atoms with van der Waals surface area (Å²) in [5.41, 5.74) is 10.5. The Kier molecular flexibility index (Phi) is 6.50. The van der Waals surface area contributed by atoms with Gasteiger partial charge in [0.15, 0.2) is 0 Å². The van der Waals surface area contributed by atoms with Crippen molar-refractivity contribution < 1.29 is 4.74 Å². The molecule has 0 radical (unpaired) electrons. The van der Waals surface area contributed by atoms with Crippen LogP contribution in [0.5, 0.6) is 5.75 Å². The molecule has 1 N–H and O–H groups in total. The quantitative estimate of drug-likeness (QED) is 0.270. The Labute approximate surface area is 224 Å². The number of hydrogen-bond acceptors (Lipinski definition) is 4. The first-order valence-electron chi connectivity index (χ1n) is 13.5. The molecule has 0 unspecified atom stereocenters. The van der Waals surface area contributed by atoms with E-state index in [1.54, 1.807) is 0 Å². The molecule has 3 aromatic heterocycles. The molecule has 0 bridgehead atoms. The van der Waals surface area contributed by atoms with Crippen molar-refractivity contribution in [3.05, 3.63) is 94.9 Å². The van der Waals surface area contributed by atoms with E-state index in [4.69, 9.17) is 9.84 Å². The number of H-pyrrole nitrogens is 1. The molecule has 6 rings (SSSR count). The number of nitrogens with zero attached hydrogens (tertiary/aromatic N) is 4. The number of benzene rings is 2. The minimum atomic E-state index is 0.434. The topological polar surface area (TPSA) is 59.0 Å². The van der Waals surface area contributed by atoms with E-state index in [0.717, 1.165) is 65.3 Å². The Balaban J connectivity index is 1.51. The minimum Gasteiger partial charge on any atom is -0.491 e. The molecule has 0 aliphatic carbocycles. The smallest absolute Gasteiger partial charge is 0.145 e. The predicted octanol–water partition coefficient (Wildman–Crippen LogP) is 6.63. The summed E-state index contributed by atoms with van der Waals surface area (Å²) in [7, 11) is 0. The lowest BCUT2D eigenvalue weighted by atomic mass is 9.98. The van der Waals surface area contributed by atoms with Crippen LogP contribution in [0.1, 0.15) is 41.8 Å². The minimum absolute atomic E-state index is 0.434. The van der Waals surface area contributed by atoms with Crippen LogP contribution in [-0.2, 0) is 19.5 Å². The van der Waals surface area contributed by atoms with Crippen LogP contribution < -0.4 is 4.74 Å². The highest BCUT2D eigenvalue weighted by Gasteiger charge is 2.29. The van der Waals surface area contributed by atoms with Crippen molar-refractivity contribution in [2.75, 3.05) is 13.2 Å². The molecule has 194 valence electrons. The van der Waals surface area contributed by atoms with Crippen LogP contribution in [0, 0.1) is 19.8 Å². The fraction of sp³-hybridized carbons (Fsp3) is 0.312. The second-order valence-corrected chi connectivity index (χ2v) is 10.8. The number of ether oxygens (including phenoxy) is 1. The molecule has 0 atom stereocenters. The number of rotatable bonds is 7. The molecule has 6 heteroatoms. The fourth-order valence-electron chi connectivity index (χ4n) is 5.47. The number of aryl methyl sites for hydroxylation is 2. The number of pyridine rings is 1. The van der Waals surface area contributed by atoms with Crippen LogP contribution in [0.3, 0.4) is 0 Å². The number of aromatic amines is 1. The lowest BCUT2D eigenvalue weighted by Gasteiger charge is -2.27. The molecule has 5 aromatic rings. The molecule has 0 saturated carbocycles. The van der Waals surface area contributed by atoms with Gasteiger partial charge in [0.2, 0.25) is 0 Å². The van der Waals surface area contributed by atoms with E-state index in [1.165, 1.54) is 22.4 Å². The van der Waals surface area contributed by atoms with E-state index < -0.39 is 0 Å². The summed E-state index contributed by atoms with van der Waals surface area (Å²) >= 11 is 0. The monoisotopic (exact) mass is 505 g/mol. The third kappa shape index (κ3) is 4.50. The second kappa shape index (κ2) is 10.1. The van der Waals surface area contributed by atoms with E-state index in [-0.39, 0.29) is 0 Å². The first-order chi connectivity index (χ1) is 18.5. The van der Waals surface area contributed by atoms with Crippen molar-refractivity contribution in [3.63, 3.8) is 0 Å². The van der Waals surface area contributed by atoms with Crippen LogP contribution >= 0.6 is 0 Å². The number of hydrogen-bond donors (Lipinski definition) is 1. The van der Waals surface area contributed by atoms with Gasteiger partial charge in [-0.3, -0.25) is 4.90 Å².